The van der Waals surface area contributed by atoms with Crippen molar-refractivity contribution in [1.82, 2.24) is 14.9 Å². The normalized spacial score (nSPS) is 18.6. The lowest BCUT2D eigenvalue weighted by atomic mass is 10.0. The number of halogens is 2. The van der Waals surface area contributed by atoms with Crippen LogP contribution < -0.4 is 9.47 Å². The summed E-state index contributed by atoms with van der Waals surface area (Å²) in [4.78, 5) is 12.9. The summed E-state index contributed by atoms with van der Waals surface area (Å²) in [7, 11) is 0. The molecule has 0 amide bonds. The van der Waals surface area contributed by atoms with Crippen molar-refractivity contribution in [3.05, 3.63) is 53.7 Å². The van der Waals surface area contributed by atoms with Gasteiger partial charge in [-0.25, -0.2) is 4.98 Å². The van der Waals surface area contributed by atoms with E-state index >= 15 is 0 Å². The van der Waals surface area contributed by atoms with Crippen molar-refractivity contribution in [2.24, 2.45) is 0 Å². The molecule has 0 saturated carbocycles. The predicted molar refractivity (Wildman–Crippen MR) is 125 cm³/mol. The summed E-state index contributed by atoms with van der Waals surface area (Å²) in [6.07, 6.45) is 3.97. The number of hydrogen-bond acceptors (Lipinski definition) is 5. The van der Waals surface area contributed by atoms with Crippen molar-refractivity contribution < 1.29 is 18.3 Å². The molecule has 4 aromatic rings. The number of pyridine rings is 1. The van der Waals surface area contributed by atoms with E-state index in [0.29, 0.717) is 6.04 Å². The smallest absolute Gasteiger partial charge is 0.395 e. The minimum atomic E-state index is -3.63. The average Bonchev–Trinajstić information content (AvgIpc) is 3.53. The van der Waals surface area contributed by atoms with Gasteiger partial charge in [0.2, 0.25) is 0 Å². The average molecular weight is 468 g/mol. The molecule has 33 heavy (non-hydrogen) atoms. The molecule has 8 heteroatoms. The molecule has 3 aromatic heterocycles. The number of nitrogens with zero attached hydrogens (tertiary/aromatic N) is 2. The van der Waals surface area contributed by atoms with E-state index in [0.717, 1.165) is 40.8 Å². The summed E-state index contributed by atoms with van der Waals surface area (Å²) in [6.45, 7) is 4.61. The molecule has 2 aliphatic rings. The van der Waals surface area contributed by atoms with Gasteiger partial charge in [0.05, 0.1) is 0 Å². The largest absolute Gasteiger partial charge is 0.586 e. The number of nitrogens with one attached hydrogen (secondary N) is 1. The number of alkyl halides is 2. The molecule has 5 heterocycles. The summed E-state index contributed by atoms with van der Waals surface area (Å²) in [5.74, 6) is 0.0712. The third kappa shape index (κ3) is 3.77. The third-order valence-electron chi connectivity index (χ3n) is 6.50. The molecule has 6 rings (SSSR count). The van der Waals surface area contributed by atoms with Gasteiger partial charge in [-0.1, -0.05) is 12.5 Å². The number of ether oxygens (including phenoxy) is 2. The highest BCUT2D eigenvalue weighted by Crippen LogP contribution is 2.44. The number of aromatic nitrogens is 2. The molecule has 1 fully saturated rings. The van der Waals surface area contributed by atoms with Gasteiger partial charge in [-0.15, -0.1) is 20.1 Å². The second-order valence-corrected chi connectivity index (χ2v) is 9.74. The van der Waals surface area contributed by atoms with E-state index in [2.05, 4.69) is 49.5 Å². The lowest BCUT2D eigenvalue weighted by Gasteiger charge is -2.31. The SMILES string of the molecule is CC(c1ccc(-c2cnc3[nH]cc(-c4ccc5c(c4)OC(F)(F)O5)c3c2)s1)N1CCCCC1. The maximum Gasteiger partial charge on any atom is 0.586 e. The molecule has 2 aliphatic heterocycles. The van der Waals surface area contributed by atoms with E-state index in [9.17, 15) is 8.78 Å². The van der Waals surface area contributed by atoms with Crippen molar-refractivity contribution in [3.63, 3.8) is 0 Å². The van der Waals surface area contributed by atoms with Crippen LogP contribution in [0.1, 0.15) is 37.1 Å². The van der Waals surface area contributed by atoms with Gasteiger partial charge in [0, 0.05) is 44.7 Å². The van der Waals surface area contributed by atoms with Crippen molar-refractivity contribution in [1.29, 1.82) is 0 Å². The summed E-state index contributed by atoms with van der Waals surface area (Å²) in [6, 6.07) is 11.7. The number of likely N-dealkylation sites (tertiary alicyclic amines) is 1. The Labute approximate surface area is 194 Å². The van der Waals surface area contributed by atoms with Gasteiger partial charge < -0.3 is 14.5 Å². The number of fused-ring (bicyclic) bond motifs is 2. The van der Waals surface area contributed by atoms with E-state index in [-0.39, 0.29) is 11.5 Å². The first-order chi connectivity index (χ1) is 16.0. The van der Waals surface area contributed by atoms with Crippen LogP contribution in [0, 0.1) is 0 Å². The van der Waals surface area contributed by atoms with Gasteiger partial charge in [-0.05, 0) is 68.8 Å². The summed E-state index contributed by atoms with van der Waals surface area (Å²) < 4.78 is 36.0. The van der Waals surface area contributed by atoms with Crippen LogP contribution in [-0.2, 0) is 0 Å². The molecule has 1 unspecified atom stereocenters. The van der Waals surface area contributed by atoms with Crippen LogP contribution >= 0.6 is 11.3 Å². The number of benzene rings is 1. The first-order valence-corrected chi connectivity index (χ1v) is 12.0. The second kappa shape index (κ2) is 7.81. The Morgan fingerprint density at radius 3 is 2.70 bits per heavy atom. The highest BCUT2D eigenvalue weighted by Gasteiger charge is 2.43. The second-order valence-electron chi connectivity index (χ2n) is 8.63. The maximum atomic E-state index is 13.4. The van der Waals surface area contributed by atoms with Gasteiger partial charge in [0.15, 0.2) is 11.5 Å². The molecule has 1 N–H and O–H groups in total. The van der Waals surface area contributed by atoms with E-state index in [1.165, 1.54) is 35.1 Å². The van der Waals surface area contributed by atoms with Gasteiger partial charge in [0.25, 0.3) is 0 Å². The molecular weight excluding hydrogens is 444 g/mol. The number of thiophene rings is 1. The van der Waals surface area contributed by atoms with Crippen LogP contribution in [0.4, 0.5) is 8.78 Å². The molecule has 0 spiro atoms. The van der Waals surface area contributed by atoms with Crippen molar-refractivity contribution in [3.8, 4) is 33.1 Å². The molecule has 1 aromatic carbocycles. The number of piperidine rings is 1. The van der Waals surface area contributed by atoms with E-state index < -0.39 is 6.29 Å². The molecule has 1 saturated heterocycles. The number of H-pyrrole nitrogens is 1. The minimum absolute atomic E-state index is 0.0329. The molecule has 1 atom stereocenters. The molecular formula is C25H23F2N3O2S. The Bertz CT molecular complexity index is 1330. The Morgan fingerprint density at radius 1 is 1.03 bits per heavy atom. The quantitative estimate of drug-likeness (QED) is 0.358. The number of hydrogen-bond donors (Lipinski definition) is 1. The Morgan fingerprint density at radius 2 is 1.85 bits per heavy atom. The summed E-state index contributed by atoms with van der Waals surface area (Å²) in [5.41, 5.74) is 3.42. The monoisotopic (exact) mass is 467 g/mol. The van der Waals surface area contributed by atoms with Crippen LogP contribution in [0.15, 0.2) is 48.8 Å². The van der Waals surface area contributed by atoms with Crippen molar-refractivity contribution >= 4 is 22.4 Å². The third-order valence-corrected chi connectivity index (χ3v) is 7.81. The fourth-order valence-corrected chi connectivity index (χ4v) is 5.79. The highest BCUT2D eigenvalue weighted by atomic mass is 32.1. The Balaban J connectivity index is 1.32. The topological polar surface area (TPSA) is 50.4 Å². The van der Waals surface area contributed by atoms with Crippen LogP contribution in [0.5, 0.6) is 11.5 Å². The molecule has 5 nitrogen and oxygen atoms in total. The van der Waals surface area contributed by atoms with Crippen molar-refractivity contribution in [2.45, 2.75) is 38.5 Å². The molecule has 0 aliphatic carbocycles. The summed E-state index contributed by atoms with van der Waals surface area (Å²) >= 11 is 1.80. The minimum Gasteiger partial charge on any atom is -0.395 e. The van der Waals surface area contributed by atoms with Crippen LogP contribution in [0.2, 0.25) is 0 Å². The number of aromatic amines is 1. The zero-order valence-electron chi connectivity index (χ0n) is 18.1. The Hall–Kier alpha value is -2.97. The van der Waals surface area contributed by atoms with Crippen molar-refractivity contribution in [2.75, 3.05) is 13.1 Å². The Kier molecular flexibility index (Phi) is 4.88. The first-order valence-electron chi connectivity index (χ1n) is 11.2. The van der Waals surface area contributed by atoms with Crippen LogP contribution in [0.25, 0.3) is 32.6 Å². The van der Waals surface area contributed by atoms with Crippen LogP contribution in [-0.4, -0.2) is 34.3 Å². The predicted octanol–water partition coefficient (Wildman–Crippen LogP) is 6.83. The first kappa shape index (κ1) is 20.6. The van der Waals surface area contributed by atoms with Gasteiger partial charge >= 0.3 is 6.29 Å². The highest BCUT2D eigenvalue weighted by molar-refractivity contribution is 7.15. The fourth-order valence-electron chi connectivity index (χ4n) is 4.71. The molecule has 170 valence electrons. The number of rotatable bonds is 4. The summed E-state index contributed by atoms with van der Waals surface area (Å²) in [5, 5.41) is 0.928. The van der Waals surface area contributed by atoms with Gasteiger partial charge in [-0.2, -0.15) is 0 Å². The zero-order chi connectivity index (χ0) is 22.6. The van der Waals surface area contributed by atoms with E-state index in [4.69, 9.17) is 0 Å². The fraction of sp³-hybridized carbons (Fsp3) is 0.320. The standard InChI is InChI=1S/C25H23F2N3O2S/c1-15(30-9-3-2-4-10-30)22-7-8-23(33-22)17-11-18-19(14-29-24(18)28-13-17)16-5-6-20-21(12-16)32-25(26,27)31-20/h5-8,11-15H,2-4,9-10H2,1H3,(H,28,29). The van der Waals surface area contributed by atoms with E-state index in [1.54, 1.807) is 23.5 Å². The molecule has 0 bridgehead atoms. The van der Waals surface area contributed by atoms with Gasteiger partial charge in [0.1, 0.15) is 5.65 Å². The lowest BCUT2D eigenvalue weighted by molar-refractivity contribution is -0.286. The van der Waals surface area contributed by atoms with Crippen LogP contribution in [0.3, 0.4) is 0 Å². The lowest BCUT2D eigenvalue weighted by Crippen LogP contribution is -2.31. The van der Waals surface area contributed by atoms with Gasteiger partial charge in [-0.3, -0.25) is 4.90 Å². The molecule has 0 radical (unpaired) electrons. The zero-order valence-corrected chi connectivity index (χ0v) is 18.9. The van der Waals surface area contributed by atoms with E-state index in [1.807, 2.05) is 12.4 Å². The maximum absolute atomic E-state index is 13.4.